The van der Waals surface area contributed by atoms with E-state index in [0.29, 0.717) is 13.1 Å². The van der Waals surface area contributed by atoms with Gasteiger partial charge in [-0.2, -0.15) is 5.10 Å². The number of aromatic nitrogens is 2. The monoisotopic (exact) mass is 433 g/mol. The summed E-state index contributed by atoms with van der Waals surface area (Å²) < 4.78 is 1.77. The zero-order valence-corrected chi connectivity index (χ0v) is 15.8. The Morgan fingerprint density at radius 2 is 2.14 bits per heavy atom. The number of hydrogen-bond acceptors (Lipinski definition) is 2. The molecule has 1 heterocycles. The van der Waals surface area contributed by atoms with E-state index in [0.717, 1.165) is 28.7 Å². The van der Waals surface area contributed by atoms with Gasteiger partial charge in [0.25, 0.3) is 0 Å². The first-order chi connectivity index (χ1) is 10.2. The molecule has 0 aliphatic rings. The summed E-state index contributed by atoms with van der Waals surface area (Å²) in [7, 11) is 1.90. The first-order valence-corrected chi connectivity index (χ1v) is 7.29. The number of hydrogen-bond donors (Lipinski definition) is 2. The van der Waals surface area contributed by atoms with E-state index in [1.165, 1.54) is 0 Å². The maximum absolute atomic E-state index is 5.98. The second-order valence-electron chi connectivity index (χ2n) is 4.70. The van der Waals surface area contributed by atoms with Gasteiger partial charge in [0.1, 0.15) is 0 Å². The molecule has 0 amide bonds. The lowest BCUT2D eigenvalue weighted by Gasteiger charge is -2.11. The van der Waals surface area contributed by atoms with Gasteiger partial charge in [0.05, 0.1) is 12.7 Å². The maximum Gasteiger partial charge on any atom is 0.191 e. The lowest BCUT2D eigenvalue weighted by atomic mass is 10.2. The average molecular weight is 434 g/mol. The Morgan fingerprint density at radius 1 is 1.32 bits per heavy atom. The summed E-state index contributed by atoms with van der Waals surface area (Å²) in [5.41, 5.74) is 2.20. The normalized spacial score (nSPS) is 11.0. The molecule has 1 aromatic heterocycles. The van der Waals surface area contributed by atoms with Crippen LogP contribution in [-0.2, 0) is 20.1 Å². The number of aliphatic imine (C=N–C) groups is 1. The minimum atomic E-state index is 0. The van der Waals surface area contributed by atoms with Crippen LogP contribution >= 0.6 is 35.6 Å². The molecule has 22 heavy (non-hydrogen) atoms. The minimum Gasteiger partial charge on any atom is -0.357 e. The number of rotatable bonds is 5. The molecule has 0 saturated carbocycles. The molecule has 7 heteroatoms. The lowest BCUT2D eigenvalue weighted by molar-refractivity contribution is 0.766. The van der Waals surface area contributed by atoms with Crippen LogP contribution in [0, 0.1) is 0 Å². The molecule has 0 bridgehead atoms. The van der Waals surface area contributed by atoms with Crippen molar-refractivity contribution in [1.29, 1.82) is 0 Å². The van der Waals surface area contributed by atoms with Crippen molar-refractivity contribution in [3.05, 3.63) is 52.8 Å². The van der Waals surface area contributed by atoms with Gasteiger partial charge in [-0.15, -0.1) is 24.0 Å². The summed E-state index contributed by atoms with van der Waals surface area (Å²) >= 11 is 5.98. The second kappa shape index (κ2) is 9.68. The van der Waals surface area contributed by atoms with Crippen molar-refractivity contribution in [3.63, 3.8) is 0 Å². The van der Waals surface area contributed by atoms with Crippen molar-refractivity contribution in [2.75, 3.05) is 6.54 Å². The van der Waals surface area contributed by atoms with Crippen LogP contribution in [0.2, 0.25) is 5.02 Å². The lowest BCUT2D eigenvalue weighted by Crippen LogP contribution is -2.36. The van der Waals surface area contributed by atoms with E-state index in [2.05, 4.69) is 20.7 Å². The van der Waals surface area contributed by atoms with Crippen molar-refractivity contribution >= 4 is 41.5 Å². The molecule has 1 aromatic carbocycles. The first kappa shape index (κ1) is 18.8. The Labute approximate surface area is 153 Å². The Hall–Kier alpha value is -1.28. The van der Waals surface area contributed by atoms with Gasteiger partial charge < -0.3 is 10.6 Å². The van der Waals surface area contributed by atoms with E-state index in [1.807, 2.05) is 50.6 Å². The standard InChI is InChI=1S/C15H20ClN5.HI/c1-3-17-15(19-9-13-10-20-21(2)11-13)18-8-12-5-4-6-14(16)7-12;/h4-7,10-11H,3,8-9H2,1-2H3,(H2,17,18,19);1H. The molecule has 0 aliphatic carbocycles. The predicted molar refractivity (Wildman–Crippen MR) is 102 cm³/mol. The quantitative estimate of drug-likeness (QED) is 0.433. The Kier molecular flexibility index (Phi) is 8.26. The molecule has 5 nitrogen and oxygen atoms in total. The zero-order chi connectivity index (χ0) is 15.1. The van der Waals surface area contributed by atoms with Gasteiger partial charge in [-0.3, -0.25) is 4.68 Å². The van der Waals surface area contributed by atoms with Gasteiger partial charge in [-0.25, -0.2) is 4.99 Å². The third kappa shape index (κ3) is 6.23. The smallest absolute Gasteiger partial charge is 0.191 e. The Bertz CT molecular complexity index is 611. The van der Waals surface area contributed by atoms with Crippen molar-refractivity contribution in [2.24, 2.45) is 12.0 Å². The largest absolute Gasteiger partial charge is 0.357 e. The molecule has 0 saturated heterocycles. The maximum atomic E-state index is 5.98. The van der Waals surface area contributed by atoms with Gasteiger partial charge >= 0.3 is 0 Å². The molecule has 0 aliphatic heterocycles. The van der Waals surface area contributed by atoms with Gasteiger partial charge in [0.2, 0.25) is 0 Å². The minimum absolute atomic E-state index is 0. The summed E-state index contributed by atoms with van der Waals surface area (Å²) in [5, 5.41) is 11.4. The van der Waals surface area contributed by atoms with E-state index in [9.17, 15) is 0 Å². The molecule has 120 valence electrons. The SMILES string of the molecule is CCNC(=NCc1cnn(C)c1)NCc1cccc(Cl)c1.I. The number of benzene rings is 1. The number of nitrogens with zero attached hydrogens (tertiary/aromatic N) is 3. The number of aryl methyl sites for hydroxylation is 1. The van der Waals surface area contributed by atoms with Gasteiger partial charge in [-0.1, -0.05) is 23.7 Å². The highest BCUT2D eigenvalue weighted by Crippen LogP contribution is 2.10. The second-order valence-corrected chi connectivity index (χ2v) is 5.14. The fourth-order valence-corrected chi connectivity index (χ4v) is 2.11. The van der Waals surface area contributed by atoms with E-state index in [-0.39, 0.29) is 24.0 Å². The summed E-state index contributed by atoms with van der Waals surface area (Å²) in [6.45, 7) is 4.13. The highest BCUT2D eigenvalue weighted by atomic mass is 127. The fourth-order valence-electron chi connectivity index (χ4n) is 1.90. The van der Waals surface area contributed by atoms with Crippen molar-refractivity contribution in [1.82, 2.24) is 20.4 Å². The molecule has 2 rings (SSSR count). The Balaban J connectivity index is 0.00000242. The zero-order valence-electron chi connectivity index (χ0n) is 12.7. The van der Waals surface area contributed by atoms with E-state index in [1.54, 1.807) is 4.68 Å². The summed E-state index contributed by atoms with van der Waals surface area (Å²) in [6, 6.07) is 7.79. The Morgan fingerprint density at radius 3 is 2.77 bits per heavy atom. The van der Waals surface area contributed by atoms with Crippen LogP contribution in [0.4, 0.5) is 0 Å². The first-order valence-electron chi connectivity index (χ1n) is 6.91. The van der Waals surface area contributed by atoms with Gasteiger partial charge in [-0.05, 0) is 24.6 Å². The van der Waals surface area contributed by atoms with E-state index in [4.69, 9.17) is 11.6 Å². The average Bonchev–Trinajstić information content (AvgIpc) is 2.88. The summed E-state index contributed by atoms with van der Waals surface area (Å²) in [6.07, 6.45) is 3.79. The summed E-state index contributed by atoms with van der Waals surface area (Å²) in [5.74, 6) is 0.779. The molecular formula is C15H21ClIN5. The molecule has 2 N–H and O–H groups in total. The fraction of sp³-hybridized carbons (Fsp3) is 0.333. The third-order valence-electron chi connectivity index (χ3n) is 2.87. The highest BCUT2D eigenvalue weighted by Gasteiger charge is 2.00. The van der Waals surface area contributed by atoms with Gasteiger partial charge in [0, 0.05) is 36.9 Å². The molecule has 0 radical (unpaired) electrons. The molecule has 0 fully saturated rings. The molecule has 0 spiro atoms. The number of nitrogens with one attached hydrogen (secondary N) is 2. The highest BCUT2D eigenvalue weighted by molar-refractivity contribution is 14.0. The third-order valence-corrected chi connectivity index (χ3v) is 3.11. The van der Waals surface area contributed by atoms with Crippen LogP contribution in [0.15, 0.2) is 41.7 Å². The van der Waals surface area contributed by atoms with Crippen LogP contribution < -0.4 is 10.6 Å². The van der Waals surface area contributed by atoms with E-state index >= 15 is 0 Å². The van der Waals surface area contributed by atoms with Crippen LogP contribution in [0.5, 0.6) is 0 Å². The number of halogens is 2. The molecular weight excluding hydrogens is 413 g/mol. The van der Waals surface area contributed by atoms with Crippen LogP contribution in [-0.4, -0.2) is 22.3 Å². The molecule has 0 atom stereocenters. The van der Waals surface area contributed by atoms with Crippen molar-refractivity contribution in [2.45, 2.75) is 20.0 Å². The van der Waals surface area contributed by atoms with Crippen LogP contribution in [0.3, 0.4) is 0 Å². The van der Waals surface area contributed by atoms with Gasteiger partial charge in [0.15, 0.2) is 5.96 Å². The summed E-state index contributed by atoms with van der Waals surface area (Å²) in [4.78, 5) is 4.54. The molecule has 2 aromatic rings. The van der Waals surface area contributed by atoms with Crippen molar-refractivity contribution < 1.29 is 0 Å². The van der Waals surface area contributed by atoms with E-state index < -0.39 is 0 Å². The number of guanidine groups is 1. The predicted octanol–water partition coefficient (Wildman–Crippen LogP) is 2.95. The van der Waals surface area contributed by atoms with Crippen LogP contribution in [0.25, 0.3) is 0 Å². The topological polar surface area (TPSA) is 54.2 Å². The molecule has 0 unspecified atom stereocenters. The van der Waals surface area contributed by atoms with Crippen molar-refractivity contribution in [3.8, 4) is 0 Å². The van der Waals surface area contributed by atoms with Crippen LogP contribution in [0.1, 0.15) is 18.1 Å².